The van der Waals surface area contributed by atoms with E-state index in [-0.39, 0.29) is 0 Å². The van der Waals surface area contributed by atoms with Gasteiger partial charge in [-0.15, -0.1) is 0 Å². The lowest BCUT2D eigenvalue weighted by atomic mass is 9.74. The highest BCUT2D eigenvalue weighted by Crippen LogP contribution is 2.35. The van der Waals surface area contributed by atoms with Crippen molar-refractivity contribution in [3.05, 3.63) is 34.3 Å². The Labute approximate surface area is 109 Å². The number of halogens is 1. The number of rotatable bonds is 2. The van der Waals surface area contributed by atoms with Crippen molar-refractivity contribution in [2.24, 2.45) is 0 Å². The van der Waals surface area contributed by atoms with E-state index in [0.717, 1.165) is 29.5 Å². The third-order valence-corrected chi connectivity index (χ3v) is 4.02. The van der Waals surface area contributed by atoms with E-state index in [1.54, 1.807) is 0 Å². The van der Waals surface area contributed by atoms with E-state index in [2.05, 4.69) is 21.2 Å². The third kappa shape index (κ3) is 2.53. The number of nitrogens with one attached hydrogen (secondary N) is 1. The minimum absolute atomic E-state index is 0.657. The van der Waals surface area contributed by atoms with Gasteiger partial charge < -0.3 is 10.4 Å². The van der Waals surface area contributed by atoms with Crippen LogP contribution in [0.5, 0.6) is 0 Å². The molecule has 0 radical (unpaired) electrons. The van der Waals surface area contributed by atoms with Gasteiger partial charge in [0.1, 0.15) is 0 Å². The number of hydrogen-bond acceptors (Lipinski definition) is 2. The molecule has 0 saturated carbocycles. The van der Waals surface area contributed by atoms with Gasteiger partial charge in [-0.3, -0.25) is 4.79 Å². The van der Waals surface area contributed by atoms with Crippen LogP contribution in [-0.4, -0.2) is 24.2 Å². The van der Waals surface area contributed by atoms with Crippen LogP contribution in [0.2, 0.25) is 0 Å². The Kier molecular flexibility index (Phi) is 3.84. The van der Waals surface area contributed by atoms with E-state index >= 15 is 0 Å². The Morgan fingerprint density at radius 3 is 2.59 bits per heavy atom. The zero-order valence-electron chi connectivity index (χ0n) is 9.58. The Morgan fingerprint density at radius 1 is 1.24 bits per heavy atom. The van der Waals surface area contributed by atoms with Crippen LogP contribution >= 0.6 is 15.9 Å². The van der Waals surface area contributed by atoms with Crippen LogP contribution in [0.25, 0.3) is 0 Å². The van der Waals surface area contributed by atoms with Gasteiger partial charge >= 0.3 is 5.97 Å². The first-order valence-electron chi connectivity index (χ1n) is 5.85. The van der Waals surface area contributed by atoms with Crippen molar-refractivity contribution >= 4 is 21.9 Å². The van der Waals surface area contributed by atoms with E-state index < -0.39 is 11.4 Å². The van der Waals surface area contributed by atoms with Gasteiger partial charge in [0.05, 0.1) is 5.41 Å². The smallest absolute Gasteiger partial charge is 0.314 e. The van der Waals surface area contributed by atoms with Gasteiger partial charge in [0.2, 0.25) is 0 Å². The monoisotopic (exact) mass is 297 g/mol. The van der Waals surface area contributed by atoms with Crippen molar-refractivity contribution in [2.75, 3.05) is 13.1 Å². The molecule has 0 aromatic heterocycles. The molecule has 1 unspecified atom stereocenters. The van der Waals surface area contributed by atoms with Crippen LogP contribution in [0.3, 0.4) is 0 Å². The molecule has 2 N–H and O–H groups in total. The maximum absolute atomic E-state index is 11.7. The molecular formula is C13H16BrNO2. The van der Waals surface area contributed by atoms with Crippen LogP contribution in [0.1, 0.15) is 24.8 Å². The lowest BCUT2D eigenvalue weighted by Gasteiger charge is -2.28. The largest absolute Gasteiger partial charge is 0.481 e. The van der Waals surface area contributed by atoms with Gasteiger partial charge in [-0.05, 0) is 50.0 Å². The summed E-state index contributed by atoms with van der Waals surface area (Å²) in [5.74, 6) is -0.705. The minimum Gasteiger partial charge on any atom is -0.481 e. The topological polar surface area (TPSA) is 49.3 Å². The molecule has 0 spiro atoms. The number of carbonyl (C=O) groups is 1. The number of aliphatic carboxylic acids is 1. The summed E-state index contributed by atoms with van der Waals surface area (Å²) in [4.78, 5) is 11.7. The molecule has 3 nitrogen and oxygen atoms in total. The summed E-state index contributed by atoms with van der Waals surface area (Å²) in [5, 5.41) is 12.9. The fourth-order valence-electron chi connectivity index (χ4n) is 2.46. The van der Waals surface area contributed by atoms with Crippen molar-refractivity contribution in [3.8, 4) is 0 Å². The van der Waals surface area contributed by atoms with E-state index in [1.165, 1.54) is 0 Å². The van der Waals surface area contributed by atoms with E-state index in [0.29, 0.717) is 12.8 Å². The van der Waals surface area contributed by atoms with Crippen LogP contribution in [0, 0.1) is 0 Å². The minimum atomic E-state index is -0.718. The van der Waals surface area contributed by atoms with Crippen LogP contribution in [0.15, 0.2) is 28.7 Å². The number of benzene rings is 1. The third-order valence-electron chi connectivity index (χ3n) is 3.49. The second kappa shape index (κ2) is 5.19. The quantitative estimate of drug-likeness (QED) is 0.882. The second-order valence-electron chi connectivity index (χ2n) is 4.50. The molecule has 1 saturated heterocycles. The lowest BCUT2D eigenvalue weighted by Crippen LogP contribution is -2.36. The Hall–Kier alpha value is -0.870. The van der Waals surface area contributed by atoms with Crippen molar-refractivity contribution in [1.82, 2.24) is 5.32 Å². The van der Waals surface area contributed by atoms with Gasteiger partial charge in [0, 0.05) is 4.47 Å². The van der Waals surface area contributed by atoms with E-state index in [1.807, 2.05) is 24.3 Å². The number of hydrogen-bond donors (Lipinski definition) is 2. The maximum Gasteiger partial charge on any atom is 0.314 e. The van der Waals surface area contributed by atoms with Crippen LogP contribution in [0.4, 0.5) is 0 Å². The molecule has 0 bridgehead atoms. The van der Waals surface area contributed by atoms with Gasteiger partial charge in [0.25, 0.3) is 0 Å². The number of carboxylic acids is 1. The van der Waals surface area contributed by atoms with Gasteiger partial charge in [0.15, 0.2) is 0 Å². The Morgan fingerprint density at radius 2 is 1.94 bits per heavy atom. The highest BCUT2D eigenvalue weighted by atomic mass is 79.9. The summed E-state index contributed by atoms with van der Waals surface area (Å²) in [6.45, 7) is 1.67. The van der Waals surface area contributed by atoms with Gasteiger partial charge in [-0.1, -0.05) is 28.1 Å². The molecule has 1 aromatic rings. The molecule has 1 aromatic carbocycles. The predicted octanol–water partition coefficient (Wildman–Crippen LogP) is 2.55. The first kappa shape index (κ1) is 12.6. The summed E-state index contributed by atoms with van der Waals surface area (Å²) >= 11 is 3.38. The van der Waals surface area contributed by atoms with E-state index in [4.69, 9.17) is 0 Å². The van der Waals surface area contributed by atoms with Crippen molar-refractivity contribution in [2.45, 2.75) is 24.7 Å². The highest BCUT2D eigenvalue weighted by molar-refractivity contribution is 9.10. The number of carboxylic acid groups (broad SMARTS) is 1. The molecule has 1 aliphatic rings. The first-order valence-corrected chi connectivity index (χ1v) is 6.65. The molecule has 1 atom stereocenters. The summed E-state index contributed by atoms with van der Waals surface area (Å²) in [6.07, 6.45) is 2.27. The first-order chi connectivity index (χ1) is 8.15. The molecular weight excluding hydrogens is 282 g/mol. The van der Waals surface area contributed by atoms with E-state index in [9.17, 15) is 9.90 Å². The fraction of sp³-hybridized carbons (Fsp3) is 0.462. The zero-order valence-corrected chi connectivity index (χ0v) is 11.2. The molecule has 1 aliphatic heterocycles. The molecule has 1 fully saturated rings. The molecule has 1 heterocycles. The zero-order chi connectivity index (χ0) is 12.3. The van der Waals surface area contributed by atoms with Crippen LogP contribution < -0.4 is 5.32 Å². The highest BCUT2D eigenvalue weighted by Gasteiger charge is 2.40. The van der Waals surface area contributed by atoms with Gasteiger partial charge in [-0.25, -0.2) is 0 Å². The van der Waals surface area contributed by atoms with Crippen molar-refractivity contribution in [1.29, 1.82) is 0 Å². The summed E-state index contributed by atoms with van der Waals surface area (Å²) in [6, 6.07) is 7.67. The standard InChI is InChI=1S/C13H16BrNO2/c14-11-4-2-10(3-5-11)13(12(16)17)6-1-8-15-9-7-13/h2-5,15H,1,6-9H2,(H,16,17). The summed E-state index contributed by atoms with van der Waals surface area (Å²) in [7, 11) is 0. The van der Waals surface area contributed by atoms with Crippen molar-refractivity contribution < 1.29 is 9.90 Å². The predicted molar refractivity (Wildman–Crippen MR) is 70.2 cm³/mol. The molecule has 4 heteroatoms. The Balaban J connectivity index is 2.39. The molecule has 92 valence electrons. The van der Waals surface area contributed by atoms with Crippen LogP contribution in [-0.2, 0) is 10.2 Å². The summed E-state index contributed by atoms with van der Waals surface area (Å²) in [5.41, 5.74) is 0.196. The molecule has 2 rings (SSSR count). The average Bonchev–Trinajstić information content (AvgIpc) is 2.56. The second-order valence-corrected chi connectivity index (χ2v) is 5.41. The normalized spacial score (nSPS) is 25.2. The fourth-order valence-corrected chi connectivity index (χ4v) is 2.73. The SMILES string of the molecule is O=C(O)C1(c2ccc(Br)cc2)CCCNCC1. The maximum atomic E-state index is 11.7. The molecule has 0 aliphatic carbocycles. The lowest BCUT2D eigenvalue weighted by molar-refractivity contribution is -0.144. The van der Waals surface area contributed by atoms with Gasteiger partial charge in [-0.2, -0.15) is 0 Å². The Bertz CT molecular complexity index is 394. The van der Waals surface area contributed by atoms with Crippen molar-refractivity contribution in [3.63, 3.8) is 0 Å². The molecule has 0 amide bonds. The average molecular weight is 298 g/mol. The molecule has 17 heavy (non-hydrogen) atoms. The summed E-state index contributed by atoms with van der Waals surface area (Å²) < 4.78 is 0.980.